The first-order valence-corrected chi connectivity index (χ1v) is 8.56. The first kappa shape index (κ1) is 15.8. The number of hydrogen-bond acceptors (Lipinski definition) is 2. The highest BCUT2D eigenvalue weighted by atomic mass is 127. The van der Waals surface area contributed by atoms with E-state index in [0.717, 1.165) is 45.4 Å². The maximum absolute atomic E-state index is 12.0. The summed E-state index contributed by atoms with van der Waals surface area (Å²) < 4.78 is 1.29. The third-order valence-corrected chi connectivity index (χ3v) is 4.46. The average Bonchev–Trinajstić information content (AvgIpc) is 2.49. The van der Waals surface area contributed by atoms with Gasteiger partial charge < -0.3 is 10.2 Å². The molecule has 1 N–H and O–H groups in total. The van der Waals surface area contributed by atoms with Crippen LogP contribution in [0.2, 0.25) is 0 Å². The number of piperazine rings is 1. The molecule has 110 valence electrons. The molecule has 0 saturated carbocycles. The lowest BCUT2D eigenvalue weighted by atomic mass is 10.1. The van der Waals surface area contributed by atoms with Gasteiger partial charge in [0.15, 0.2) is 0 Å². The summed E-state index contributed by atoms with van der Waals surface area (Å²) in [5, 5.41) is 3.27. The molecule has 0 atom stereocenters. The molecule has 0 bridgehead atoms. The Bertz CT molecular complexity index is 413. The molecule has 20 heavy (non-hydrogen) atoms. The first-order valence-electron chi connectivity index (χ1n) is 7.48. The largest absolute Gasteiger partial charge is 0.340 e. The molecule has 1 aromatic carbocycles. The topological polar surface area (TPSA) is 32.3 Å². The van der Waals surface area contributed by atoms with Crippen LogP contribution < -0.4 is 5.32 Å². The molecule has 0 radical (unpaired) electrons. The number of nitrogens with one attached hydrogen (secondary N) is 1. The summed E-state index contributed by atoms with van der Waals surface area (Å²) in [4.78, 5) is 14.0. The molecule has 3 nitrogen and oxygen atoms in total. The Morgan fingerprint density at radius 3 is 2.50 bits per heavy atom. The molecule has 1 heterocycles. The number of benzene rings is 1. The average molecular weight is 386 g/mol. The molecule has 2 rings (SSSR count). The highest BCUT2D eigenvalue weighted by molar-refractivity contribution is 14.1. The van der Waals surface area contributed by atoms with Crippen molar-refractivity contribution in [2.45, 2.75) is 32.1 Å². The molecule has 1 saturated heterocycles. The summed E-state index contributed by atoms with van der Waals surface area (Å²) in [7, 11) is 0. The maximum atomic E-state index is 12.0. The quantitative estimate of drug-likeness (QED) is 0.603. The van der Waals surface area contributed by atoms with Gasteiger partial charge in [-0.1, -0.05) is 18.6 Å². The summed E-state index contributed by atoms with van der Waals surface area (Å²) >= 11 is 2.33. The molecular weight excluding hydrogens is 363 g/mol. The fraction of sp³-hybridized carbons (Fsp3) is 0.562. The van der Waals surface area contributed by atoms with E-state index in [-0.39, 0.29) is 0 Å². The van der Waals surface area contributed by atoms with Gasteiger partial charge in [-0.2, -0.15) is 0 Å². The number of unbranched alkanes of at least 4 members (excludes halogenated alkanes) is 2. The van der Waals surface area contributed by atoms with Crippen molar-refractivity contribution in [2.24, 2.45) is 0 Å². The van der Waals surface area contributed by atoms with Gasteiger partial charge in [0.25, 0.3) is 0 Å². The summed E-state index contributed by atoms with van der Waals surface area (Å²) in [6.45, 7) is 3.64. The van der Waals surface area contributed by atoms with Crippen molar-refractivity contribution in [2.75, 3.05) is 26.2 Å². The zero-order valence-electron chi connectivity index (χ0n) is 11.9. The predicted octanol–water partition coefficient (Wildman–Crippen LogP) is 2.83. The monoisotopic (exact) mass is 386 g/mol. The molecule has 1 aliphatic heterocycles. The van der Waals surface area contributed by atoms with Crippen LogP contribution in [-0.4, -0.2) is 37.0 Å². The zero-order chi connectivity index (χ0) is 14.2. The third-order valence-electron chi connectivity index (χ3n) is 3.74. The molecule has 0 aromatic heterocycles. The van der Waals surface area contributed by atoms with Crippen molar-refractivity contribution in [3.05, 3.63) is 33.4 Å². The van der Waals surface area contributed by atoms with Gasteiger partial charge in [-0.05, 0) is 59.5 Å². The summed E-state index contributed by atoms with van der Waals surface area (Å²) in [6.07, 6.45) is 5.18. The van der Waals surface area contributed by atoms with E-state index in [0.29, 0.717) is 12.3 Å². The van der Waals surface area contributed by atoms with Gasteiger partial charge in [0.05, 0.1) is 0 Å². The molecule has 0 spiro atoms. The molecule has 0 aliphatic carbocycles. The minimum atomic E-state index is 0.334. The van der Waals surface area contributed by atoms with Gasteiger partial charge in [-0.15, -0.1) is 0 Å². The van der Waals surface area contributed by atoms with Gasteiger partial charge in [0, 0.05) is 36.2 Å². The van der Waals surface area contributed by atoms with Gasteiger partial charge in [-0.3, -0.25) is 4.79 Å². The lowest BCUT2D eigenvalue weighted by Crippen LogP contribution is -2.46. The van der Waals surface area contributed by atoms with E-state index < -0.39 is 0 Å². The zero-order valence-corrected chi connectivity index (χ0v) is 14.1. The van der Waals surface area contributed by atoms with E-state index >= 15 is 0 Å². The van der Waals surface area contributed by atoms with E-state index in [9.17, 15) is 4.79 Å². The number of hydrogen-bond donors (Lipinski definition) is 1. The Labute approximate surface area is 135 Å². The van der Waals surface area contributed by atoms with Crippen molar-refractivity contribution in [3.63, 3.8) is 0 Å². The second-order valence-electron chi connectivity index (χ2n) is 5.32. The Kier molecular flexibility index (Phi) is 6.79. The SMILES string of the molecule is O=C(CCCCCc1ccc(I)cc1)N1CCNCC1. The Morgan fingerprint density at radius 1 is 1.10 bits per heavy atom. The van der Waals surface area contributed by atoms with Crippen LogP contribution in [0.1, 0.15) is 31.2 Å². The van der Waals surface area contributed by atoms with Crippen LogP contribution in [0.25, 0.3) is 0 Å². The number of carbonyl (C=O) groups is 1. The number of amides is 1. The van der Waals surface area contributed by atoms with E-state index in [4.69, 9.17) is 0 Å². The highest BCUT2D eigenvalue weighted by Gasteiger charge is 2.14. The lowest BCUT2D eigenvalue weighted by molar-refractivity contribution is -0.131. The minimum Gasteiger partial charge on any atom is -0.340 e. The molecule has 0 unspecified atom stereocenters. The van der Waals surface area contributed by atoms with E-state index in [1.807, 2.05) is 4.90 Å². The summed E-state index contributed by atoms with van der Waals surface area (Å²) in [6, 6.07) is 8.72. The molecule has 1 amide bonds. The van der Waals surface area contributed by atoms with Crippen molar-refractivity contribution in [3.8, 4) is 0 Å². The predicted molar refractivity (Wildman–Crippen MR) is 90.8 cm³/mol. The maximum Gasteiger partial charge on any atom is 0.222 e. The Morgan fingerprint density at radius 2 is 1.80 bits per heavy atom. The van der Waals surface area contributed by atoms with Crippen LogP contribution in [0.3, 0.4) is 0 Å². The molecule has 1 fully saturated rings. The van der Waals surface area contributed by atoms with Gasteiger partial charge in [0.1, 0.15) is 0 Å². The van der Waals surface area contributed by atoms with Gasteiger partial charge >= 0.3 is 0 Å². The van der Waals surface area contributed by atoms with Crippen molar-refractivity contribution in [1.82, 2.24) is 10.2 Å². The number of aryl methyl sites for hydroxylation is 1. The van der Waals surface area contributed by atoms with Crippen LogP contribution in [0.5, 0.6) is 0 Å². The van der Waals surface area contributed by atoms with Gasteiger partial charge in [-0.25, -0.2) is 0 Å². The number of nitrogens with zero attached hydrogens (tertiary/aromatic N) is 1. The van der Waals surface area contributed by atoms with E-state index in [2.05, 4.69) is 52.2 Å². The standard InChI is InChI=1S/C16H23IN2O/c17-15-8-6-14(7-9-15)4-2-1-3-5-16(20)19-12-10-18-11-13-19/h6-9,18H,1-5,10-13H2. The second kappa shape index (κ2) is 8.62. The fourth-order valence-corrected chi connectivity index (χ4v) is 2.87. The first-order chi connectivity index (χ1) is 9.75. The second-order valence-corrected chi connectivity index (χ2v) is 6.56. The van der Waals surface area contributed by atoms with Crippen LogP contribution in [-0.2, 0) is 11.2 Å². The normalized spacial score (nSPS) is 15.3. The highest BCUT2D eigenvalue weighted by Crippen LogP contribution is 2.11. The van der Waals surface area contributed by atoms with Crippen LogP contribution >= 0.6 is 22.6 Å². The van der Waals surface area contributed by atoms with Crippen molar-refractivity contribution < 1.29 is 4.79 Å². The molecule has 4 heteroatoms. The van der Waals surface area contributed by atoms with Crippen LogP contribution in [0, 0.1) is 3.57 Å². The smallest absolute Gasteiger partial charge is 0.222 e. The Balaban J connectivity index is 1.57. The molecular formula is C16H23IN2O. The third kappa shape index (κ3) is 5.40. The van der Waals surface area contributed by atoms with Crippen molar-refractivity contribution in [1.29, 1.82) is 0 Å². The number of carbonyl (C=O) groups excluding carboxylic acids is 1. The van der Waals surface area contributed by atoms with E-state index in [1.165, 1.54) is 15.6 Å². The van der Waals surface area contributed by atoms with Crippen LogP contribution in [0.4, 0.5) is 0 Å². The molecule has 1 aromatic rings. The minimum absolute atomic E-state index is 0.334. The lowest BCUT2D eigenvalue weighted by Gasteiger charge is -2.27. The number of halogens is 1. The Hall–Kier alpha value is -0.620. The van der Waals surface area contributed by atoms with E-state index in [1.54, 1.807) is 0 Å². The summed E-state index contributed by atoms with van der Waals surface area (Å²) in [5.74, 6) is 0.334. The number of rotatable bonds is 6. The summed E-state index contributed by atoms with van der Waals surface area (Å²) in [5.41, 5.74) is 1.40. The fourth-order valence-electron chi connectivity index (χ4n) is 2.51. The van der Waals surface area contributed by atoms with Crippen LogP contribution in [0.15, 0.2) is 24.3 Å². The van der Waals surface area contributed by atoms with Gasteiger partial charge in [0.2, 0.25) is 5.91 Å². The van der Waals surface area contributed by atoms with Crippen molar-refractivity contribution >= 4 is 28.5 Å². The molecule has 1 aliphatic rings.